The summed E-state index contributed by atoms with van der Waals surface area (Å²) in [4.78, 5) is 16.5. The minimum Gasteiger partial charge on any atom is -0.318 e. The van der Waals surface area contributed by atoms with E-state index in [4.69, 9.17) is 5.41 Å². The van der Waals surface area contributed by atoms with Crippen LogP contribution in [0.15, 0.2) is 46.0 Å². The Kier molecular flexibility index (Phi) is 4.07. The highest BCUT2D eigenvalue weighted by Gasteiger charge is 2.34. The third-order valence-corrected chi connectivity index (χ3v) is 5.23. The van der Waals surface area contributed by atoms with E-state index in [1.54, 1.807) is 18.2 Å². The first-order valence-corrected chi connectivity index (χ1v) is 9.08. The van der Waals surface area contributed by atoms with Crippen molar-refractivity contribution < 1.29 is 9.18 Å². The van der Waals surface area contributed by atoms with Crippen molar-refractivity contribution in [3.05, 3.63) is 58.7 Å². The molecule has 1 N–H and O–H groups in total. The fourth-order valence-corrected chi connectivity index (χ4v) is 3.90. The first kappa shape index (κ1) is 17.4. The topological polar surface area (TPSA) is 73.8 Å². The average molecular weight is 381 g/mol. The number of nitrogens with zero attached hydrogens (tertiary/aromatic N) is 4. The van der Waals surface area contributed by atoms with Gasteiger partial charge < -0.3 is 4.57 Å². The van der Waals surface area contributed by atoms with Crippen molar-refractivity contribution in [1.82, 2.24) is 9.58 Å². The number of nitrogens with one attached hydrogen (secondary N) is 1. The molecular formula is C19H16FN5OS. The van der Waals surface area contributed by atoms with Crippen LogP contribution in [-0.4, -0.2) is 31.5 Å². The van der Waals surface area contributed by atoms with E-state index in [-0.39, 0.29) is 17.2 Å². The highest BCUT2D eigenvalue weighted by Crippen LogP contribution is 2.29. The largest absolute Gasteiger partial charge is 0.318 e. The fourth-order valence-electron chi connectivity index (χ4n) is 3.16. The van der Waals surface area contributed by atoms with Gasteiger partial charge in [0.15, 0.2) is 5.84 Å². The maximum Gasteiger partial charge on any atom is 0.283 e. The third-order valence-electron chi connectivity index (χ3n) is 4.41. The summed E-state index contributed by atoms with van der Waals surface area (Å²) >= 11 is 1.28. The van der Waals surface area contributed by atoms with E-state index in [1.165, 1.54) is 28.9 Å². The lowest BCUT2D eigenvalue weighted by Crippen LogP contribution is -2.35. The quantitative estimate of drug-likeness (QED) is 0.803. The van der Waals surface area contributed by atoms with Crippen LogP contribution in [0.2, 0.25) is 0 Å². The number of carbonyl (C=O) groups excluding carboxylic acids is 1. The Morgan fingerprint density at radius 2 is 1.89 bits per heavy atom. The zero-order chi connectivity index (χ0) is 19.3. The van der Waals surface area contributed by atoms with Gasteiger partial charge in [-0.15, -0.1) is 0 Å². The second-order valence-electron chi connectivity index (χ2n) is 6.28. The summed E-state index contributed by atoms with van der Waals surface area (Å²) in [6, 6.07) is 8.16. The Morgan fingerprint density at radius 1 is 1.19 bits per heavy atom. The number of halogens is 1. The first-order chi connectivity index (χ1) is 12.8. The van der Waals surface area contributed by atoms with Gasteiger partial charge in [0.1, 0.15) is 5.82 Å². The van der Waals surface area contributed by atoms with Gasteiger partial charge in [-0.3, -0.25) is 10.2 Å². The van der Waals surface area contributed by atoms with E-state index in [2.05, 4.69) is 10.1 Å². The van der Waals surface area contributed by atoms with Crippen LogP contribution >= 0.6 is 11.8 Å². The van der Waals surface area contributed by atoms with Crippen LogP contribution in [0.5, 0.6) is 0 Å². The van der Waals surface area contributed by atoms with Gasteiger partial charge >= 0.3 is 0 Å². The summed E-state index contributed by atoms with van der Waals surface area (Å²) < 4.78 is 15.2. The van der Waals surface area contributed by atoms with Crippen molar-refractivity contribution in [3.63, 3.8) is 0 Å². The molecule has 4 rings (SSSR count). The molecule has 27 heavy (non-hydrogen) atoms. The number of hydrazone groups is 1. The predicted molar refractivity (Wildman–Crippen MR) is 106 cm³/mol. The molecule has 2 aliphatic heterocycles. The molecule has 6 nitrogen and oxygen atoms in total. The molecule has 0 saturated carbocycles. The molecule has 0 atom stereocenters. The van der Waals surface area contributed by atoms with Crippen LogP contribution in [0, 0.1) is 25.1 Å². The van der Waals surface area contributed by atoms with E-state index >= 15 is 0 Å². The summed E-state index contributed by atoms with van der Waals surface area (Å²) in [5.74, 6) is -0.728. The summed E-state index contributed by atoms with van der Waals surface area (Å²) in [6.45, 7) is 5.67. The summed E-state index contributed by atoms with van der Waals surface area (Å²) in [7, 11) is 0. The van der Waals surface area contributed by atoms with Crippen LogP contribution in [-0.2, 0) is 4.79 Å². The zero-order valence-electron chi connectivity index (χ0n) is 14.9. The molecule has 0 saturated heterocycles. The molecular weight excluding hydrogens is 365 g/mol. The van der Waals surface area contributed by atoms with Crippen molar-refractivity contribution in [1.29, 1.82) is 5.41 Å². The van der Waals surface area contributed by atoms with Gasteiger partial charge in [-0.2, -0.15) is 15.1 Å². The van der Waals surface area contributed by atoms with E-state index in [1.807, 2.05) is 31.4 Å². The molecule has 2 aromatic rings. The maximum absolute atomic E-state index is 13.2. The molecule has 1 aromatic heterocycles. The minimum atomic E-state index is -0.449. The van der Waals surface area contributed by atoms with Gasteiger partial charge in [0.2, 0.25) is 5.17 Å². The van der Waals surface area contributed by atoms with Crippen LogP contribution in [0.3, 0.4) is 0 Å². The van der Waals surface area contributed by atoms with Gasteiger partial charge in [-0.25, -0.2) is 4.39 Å². The molecule has 1 amide bonds. The van der Waals surface area contributed by atoms with Gasteiger partial charge in [-0.05, 0) is 74.5 Å². The fraction of sp³-hybridized carbons (Fsp3) is 0.158. The Bertz CT molecular complexity index is 1080. The van der Waals surface area contributed by atoms with Gasteiger partial charge in [0.25, 0.3) is 5.91 Å². The minimum absolute atomic E-state index is 0.0148. The molecule has 0 spiro atoms. The number of aromatic nitrogens is 1. The van der Waals surface area contributed by atoms with E-state index in [0.29, 0.717) is 5.17 Å². The summed E-state index contributed by atoms with van der Waals surface area (Å²) in [5, 5.41) is 15.1. The number of hydrogen-bond donors (Lipinski definition) is 1. The molecule has 0 radical (unpaired) electrons. The Morgan fingerprint density at radius 3 is 2.59 bits per heavy atom. The van der Waals surface area contributed by atoms with Crippen molar-refractivity contribution in [2.75, 3.05) is 0 Å². The SMILES string of the molecule is CC1=NN2C(=N)/C(=C/c3cc(C)n(-c4ccc(F)cc4)c3C)C(=O)N=C2S1. The molecule has 136 valence electrons. The van der Waals surface area contributed by atoms with Crippen molar-refractivity contribution in [2.45, 2.75) is 20.8 Å². The van der Waals surface area contributed by atoms with Crippen molar-refractivity contribution in [3.8, 4) is 5.69 Å². The lowest BCUT2D eigenvalue weighted by atomic mass is 10.1. The predicted octanol–water partition coefficient (Wildman–Crippen LogP) is 3.87. The summed E-state index contributed by atoms with van der Waals surface area (Å²) in [6.07, 6.45) is 1.67. The van der Waals surface area contributed by atoms with Gasteiger partial charge in [0.05, 0.1) is 10.6 Å². The number of carbonyl (C=O) groups is 1. The lowest BCUT2D eigenvalue weighted by Gasteiger charge is -2.20. The smallest absolute Gasteiger partial charge is 0.283 e. The Labute approximate surface area is 159 Å². The first-order valence-electron chi connectivity index (χ1n) is 8.27. The number of fused-ring (bicyclic) bond motifs is 1. The van der Waals surface area contributed by atoms with Crippen LogP contribution in [0.25, 0.3) is 11.8 Å². The molecule has 0 fully saturated rings. The van der Waals surface area contributed by atoms with Crippen LogP contribution < -0.4 is 0 Å². The number of amides is 1. The molecule has 0 aliphatic carbocycles. The number of thioether (sulfide) groups is 1. The number of benzene rings is 1. The normalized spacial score (nSPS) is 18.1. The highest BCUT2D eigenvalue weighted by atomic mass is 32.2. The van der Waals surface area contributed by atoms with E-state index in [0.717, 1.165) is 27.7 Å². The molecule has 0 bridgehead atoms. The second-order valence-corrected chi connectivity index (χ2v) is 7.44. The number of aliphatic imine (C=N–C) groups is 1. The molecule has 8 heteroatoms. The summed E-state index contributed by atoms with van der Waals surface area (Å²) in [5.41, 5.74) is 3.65. The van der Waals surface area contributed by atoms with Gasteiger partial charge in [0, 0.05) is 17.1 Å². The van der Waals surface area contributed by atoms with E-state index in [9.17, 15) is 9.18 Å². The van der Waals surface area contributed by atoms with Crippen LogP contribution in [0.4, 0.5) is 4.39 Å². The Balaban J connectivity index is 1.77. The average Bonchev–Trinajstić information content (AvgIpc) is 3.12. The van der Waals surface area contributed by atoms with Crippen molar-refractivity contribution >= 4 is 39.8 Å². The number of amidine groups is 2. The number of aryl methyl sites for hydroxylation is 1. The zero-order valence-corrected chi connectivity index (χ0v) is 15.8. The van der Waals surface area contributed by atoms with E-state index < -0.39 is 5.91 Å². The molecule has 3 heterocycles. The number of rotatable bonds is 2. The molecule has 2 aliphatic rings. The maximum atomic E-state index is 13.2. The second kappa shape index (κ2) is 6.31. The monoisotopic (exact) mass is 381 g/mol. The van der Waals surface area contributed by atoms with Gasteiger partial charge in [-0.1, -0.05) is 0 Å². The number of hydrogen-bond acceptors (Lipinski definition) is 4. The Hall–Kier alpha value is -3.00. The lowest BCUT2D eigenvalue weighted by molar-refractivity contribution is -0.114. The van der Waals surface area contributed by atoms with Crippen molar-refractivity contribution in [2.24, 2.45) is 10.1 Å². The van der Waals surface area contributed by atoms with Crippen LogP contribution in [0.1, 0.15) is 23.9 Å². The molecule has 1 aromatic carbocycles. The third kappa shape index (κ3) is 2.91. The molecule has 0 unspecified atom stereocenters. The standard InChI is InChI=1S/C19H16FN5OS/c1-10-8-13(11(2)24(10)15-6-4-14(20)5-7-15)9-16-17(21)25-19(22-18(16)26)27-12(3)23-25/h4-9,21H,1-3H3/b16-9-,21-17?. The highest BCUT2D eigenvalue weighted by molar-refractivity contribution is 8.26.